The van der Waals surface area contributed by atoms with Crippen LogP contribution in [0.1, 0.15) is 31.6 Å². The fourth-order valence-corrected chi connectivity index (χ4v) is 2.91. The molecule has 8 nitrogen and oxygen atoms in total. The molecular formula is C12H16BrN3O5. The van der Waals surface area contributed by atoms with E-state index in [1.54, 1.807) is 7.05 Å². The number of esters is 1. The molecule has 116 valence electrons. The zero-order valence-electron chi connectivity index (χ0n) is 11.7. The summed E-state index contributed by atoms with van der Waals surface area (Å²) in [5, 5.41) is 15.0. The molecule has 1 fully saturated rings. The molecule has 2 rings (SSSR count). The number of alkyl halides is 1. The number of aryl methyl sites for hydroxylation is 1. The van der Waals surface area contributed by atoms with Crippen molar-refractivity contribution in [3.05, 3.63) is 22.0 Å². The highest BCUT2D eigenvalue weighted by molar-refractivity contribution is 9.09. The van der Waals surface area contributed by atoms with E-state index in [0.717, 1.165) is 0 Å². The lowest BCUT2D eigenvalue weighted by molar-refractivity contribution is -0.386. The summed E-state index contributed by atoms with van der Waals surface area (Å²) < 4.78 is 12.4. The first-order chi connectivity index (χ1) is 9.90. The molecule has 1 aromatic rings. The minimum Gasteiger partial charge on any atom is -0.459 e. The first kappa shape index (κ1) is 15.9. The number of carbonyl (C=O) groups is 1. The highest BCUT2D eigenvalue weighted by atomic mass is 79.9. The van der Waals surface area contributed by atoms with Crippen LogP contribution in [0.15, 0.2) is 6.20 Å². The van der Waals surface area contributed by atoms with Crippen molar-refractivity contribution in [3.8, 4) is 0 Å². The third kappa shape index (κ3) is 3.59. The number of hydrogen-bond donors (Lipinski definition) is 0. The highest BCUT2D eigenvalue weighted by Crippen LogP contribution is 2.35. The second-order valence-corrected chi connectivity index (χ2v) is 6.04. The van der Waals surface area contributed by atoms with Crippen LogP contribution in [0.2, 0.25) is 0 Å². The summed E-state index contributed by atoms with van der Waals surface area (Å²) >= 11 is 3.48. The van der Waals surface area contributed by atoms with E-state index in [1.165, 1.54) is 17.8 Å². The number of aromatic nitrogens is 2. The first-order valence-electron chi connectivity index (χ1n) is 6.49. The summed E-state index contributed by atoms with van der Waals surface area (Å²) in [6.07, 6.45) is 1.62. The van der Waals surface area contributed by atoms with Crippen LogP contribution in [0, 0.1) is 10.1 Å². The van der Waals surface area contributed by atoms with Gasteiger partial charge in [-0.05, 0) is 12.8 Å². The number of nitrogens with zero attached hydrogens (tertiary/aromatic N) is 3. The van der Waals surface area contributed by atoms with Crippen LogP contribution in [0.3, 0.4) is 0 Å². The van der Waals surface area contributed by atoms with Gasteiger partial charge in [0.25, 0.3) is 0 Å². The van der Waals surface area contributed by atoms with Gasteiger partial charge in [-0.25, -0.2) is 0 Å². The fraction of sp³-hybridized carbons (Fsp3) is 0.667. The van der Waals surface area contributed by atoms with Gasteiger partial charge in [0.2, 0.25) is 0 Å². The Balaban J connectivity index is 2.18. The number of carbonyl (C=O) groups excluding carboxylic acids is 1. The van der Waals surface area contributed by atoms with E-state index >= 15 is 0 Å². The normalized spacial score (nSPS) is 26.1. The van der Waals surface area contributed by atoms with Crippen molar-refractivity contribution >= 4 is 27.6 Å². The Morgan fingerprint density at radius 3 is 2.95 bits per heavy atom. The number of ether oxygens (including phenoxy) is 2. The number of halogens is 1. The lowest BCUT2D eigenvalue weighted by Crippen LogP contribution is -2.29. The maximum Gasteiger partial charge on any atom is 0.312 e. The van der Waals surface area contributed by atoms with Crippen molar-refractivity contribution in [1.29, 1.82) is 0 Å². The average Bonchev–Trinajstić information content (AvgIpc) is 2.70. The van der Waals surface area contributed by atoms with Crippen molar-refractivity contribution in [3.63, 3.8) is 0 Å². The van der Waals surface area contributed by atoms with Crippen molar-refractivity contribution in [2.75, 3.05) is 6.61 Å². The number of hydrogen-bond acceptors (Lipinski definition) is 6. The van der Waals surface area contributed by atoms with Crippen LogP contribution in [-0.2, 0) is 21.3 Å². The van der Waals surface area contributed by atoms with Gasteiger partial charge >= 0.3 is 11.7 Å². The molecule has 0 bridgehead atoms. The molecule has 1 saturated heterocycles. The lowest BCUT2D eigenvalue weighted by Gasteiger charge is -2.19. The van der Waals surface area contributed by atoms with Crippen LogP contribution in [0.25, 0.3) is 0 Å². The van der Waals surface area contributed by atoms with Gasteiger partial charge in [-0.15, -0.1) is 0 Å². The Bertz CT molecular complexity index is 547. The van der Waals surface area contributed by atoms with E-state index in [4.69, 9.17) is 9.47 Å². The Morgan fingerprint density at radius 1 is 1.62 bits per heavy atom. The largest absolute Gasteiger partial charge is 0.459 e. The zero-order chi connectivity index (χ0) is 15.6. The van der Waals surface area contributed by atoms with Crippen molar-refractivity contribution in [2.24, 2.45) is 7.05 Å². The minimum absolute atomic E-state index is 0.0429. The third-order valence-electron chi connectivity index (χ3n) is 3.35. The maximum atomic E-state index is 11.1. The second-order valence-electron chi connectivity index (χ2n) is 4.86. The molecule has 0 amide bonds. The SMILES string of the molecule is CC(=O)O[C@@H]1CO[C@@H](c2c([N+](=O)[O-])cnn2C)CC[C@@H]1Br. The topological polar surface area (TPSA) is 96.5 Å². The van der Waals surface area contributed by atoms with Gasteiger partial charge in [-0.1, -0.05) is 15.9 Å². The third-order valence-corrected chi connectivity index (χ3v) is 4.40. The molecule has 0 radical (unpaired) electrons. The quantitative estimate of drug-likeness (QED) is 0.353. The Kier molecular flexibility index (Phi) is 4.94. The molecule has 21 heavy (non-hydrogen) atoms. The Hall–Kier alpha value is -1.48. The molecule has 0 unspecified atom stereocenters. The molecule has 0 N–H and O–H groups in total. The standard InChI is InChI=1S/C12H16BrN3O5/c1-7(17)21-11-6-20-10(4-3-8(11)13)12-9(16(18)19)5-14-15(12)2/h5,8,10-11H,3-4,6H2,1-2H3/t8-,10+,11+/m0/s1. The zero-order valence-corrected chi connectivity index (χ0v) is 13.3. The van der Waals surface area contributed by atoms with Crippen molar-refractivity contribution in [2.45, 2.75) is 36.8 Å². The van der Waals surface area contributed by atoms with E-state index in [0.29, 0.717) is 18.5 Å². The monoisotopic (exact) mass is 361 g/mol. The maximum absolute atomic E-state index is 11.1. The molecule has 0 spiro atoms. The highest BCUT2D eigenvalue weighted by Gasteiger charge is 2.34. The van der Waals surface area contributed by atoms with Gasteiger partial charge < -0.3 is 9.47 Å². The summed E-state index contributed by atoms with van der Waals surface area (Å²) in [6, 6.07) is 0. The van der Waals surface area contributed by atoms with Gasteiger partial charge in [0.05, 0.1) is 16.4 Å². The van der Waals surface area contributed by atoms with Crippen LogP contribution in [0.5, 0.6) is 0 Å². The number of nitro groups is 1. The smallest absolute Gasteiger partial charge is 0.312 e. The summed E-state index contributed by atoms with van der Waals surface area (Å²) in [5.74, 6) is -0.377. The molecule has 1 aliphatic heterocycles. The number of rotatable bonds is 3. The van der Waals surface area contributed by atoms with Crippen LogP contribution in [-0.4, -0.2) is 38.2 Å². The van der Waals surface area contributed by atoms with Crippen LogP contribution >= 0.6 is 15.9 Å². The summed E-state index contributed by atoms with van der Waals surface area (Å²) in [5.41, 5.74) is 0.378. The molecule has 0 aliphatic carbocycles. The molecule has 0 saturated carbocycles. The van der Waals surface area contributed by atoms with Gasteiger partial charge in [-0.2, -0.15) is 5.10 Å². The summed E-state index contributed by atoms with van der Waals surface area (Å²) in [7, 11) is 1.64. The molecule has 9 heteroatoms. The lowest BCUT2D eigenvalue weighted by atomic mass is 10.1. The van der Waals surface area contributed by atoms with Crippen LogP contribution < -0.4 is 0 Å². The van der Waals surface area contributed by atoms with Crippen molar-refractivity contribution < 1.29 is 19.2 Å². The molecular weight excluding hydrogens is 346 g/mol. The predicted octanol–water partition coefficient (Wildman–Crippen LogP) is 1.87. The van der Waals surface area contributed by atoms with E-state index < -0.39 is 17.1 Å². The fourth-order valence-electron chi connectivity index (χ4n) is 2.38. The van der Waals surface area contributed by atoms with E-state index in [-0.39, 0.29) is 23.1 Å². The molecule has 3 atom stereocenters. The van der Waals surface area contributed by atoms with E-state index in [9.17, 15) is 14.9 Å². The summed E-state index contributed by atoms with van der Waals surface area (Å²) in [4.78, 5) is 21.6. The Labute approximate surface area is 129 Å². The van der Waals surface area contributed by atoms with Gasteiger partial charge in [-0.3, -0.25) is 19.6 Å². The summed E-state index contributed by atoms with van der Waals surface area (Å²) in [6.45, 7) is 1.52. The molecule has 1 aliphatic rings. The predicted molar refractivity (Wildman–Crippen MR) is 76.1 cm³/mol. The van der Waals surface area contributed by atoms with E-state index in [1.807, 2.05) is 0 Å². The van der Waals surface area contributed by atoms with Gasteiger partial charge in [0.1, 0.15) is 24.1 Å². The molecule has 0 aromatic carbocycles. The van der Waals surface area contributed by atoms with Crippen LogP contribution in [0.4, 0.5) is 5.69 Å². The van der Waals surface area contributed by atoms with Crippen molar-refractivity contribution in [1.82, 2.24) is 9.78 Å². The van der Waals surface area contributed by atoms with Gasteiger partial charge in [0.15, 0.2) is 0 Å². The average molecular weight is 362 g/mol. The Morgan fingerprint density at radius 2 is 2.33 bits per heavy atom. The first-order valence-corrected chi connectivity index (χ1v) is 7.41. The van der Waals surface area contributed by atoms with E-state index in [2.05, 4.69) is 21.0 Å². The minimum atomic E-state index is -0.467. The molecule has 1 aromatic heterocycles. The second kappa shape index (κ2) is 6.52. The molecule has 2 heterocycles. The van der Waals surface area contributed by atoms with Gasteiger partial charge in [0, 0.05) is 14.0 Å².